The highest BCUT2D eigenvalue weighted by Crippen LogP contribution is 2.19. The number of carboxylic acid groups (broad SMARTS) is 1. The number of nitrogens with one attached hydrogen (secondary N) is 1. The third-order valence-electron chi connectivity index (χ3n) is 2.41. The molecule has 0 spiro atoms. The minimum absolute atomic E-state index is 0.108. The van der Waals surface area contributed by atoms with Gasteiger partial charge in [0.15, 0.2) is 0 Å². The van der Waals surface area contributed by atoms with Gasteiger partial charge in [-0.15, -0.1) is 11.3 Å². The number of rotatable bonds is 4. The molecule has 2 rings (SSSR count). The van der Waals surface area contributed by atoms with Crippen molar-refractivity contribution in [1.29, 1.82) is 0 Å². The van der Waals surface area contributed by atoms with Gasteiger partial charge in [0.2, 0.25) is 0 Å². The van der Waals surface area contributed by atoms with Crippen LogP contribution in [0.15, 0.2) is 35.2 Å². The molecule has 1 atom stereocenters. The molecule has 1 heterocycles. The summed E-state index contributed by atoms with van der Waals surface area (Å²) in [6.45, 7) is 2.01. The molecular formula is C12H12N2O2S. The molecule has 0 amide bonds. The Morgan fingerprint density at radius 1 is 1.41 bits per heavy atom. The zero-order valence-corrected chi connectivity index (χ0v) is 10.1. The van der Waals surface area contributed by atoms with E-state index in [-0.39, 0.29) is 11.6 Å². The number of hydrogen-bond acceptors (Lipinski definition) is 4. The van der Waals surface area contributed by atoms with E-state index in [1.54, 1.807) is 41.1 Å². The molecule has 17 heavy (non-hydrogen) atoms. The monoisotopic (exact) mass is 248 g/mol. The standard InChI is InChI=1S/C12H12N2O2S/c1-8(11-6-17-7-13-11)14-10-4-2-9(3-5-10)12(15)16/h2-8,14H,1H3,(H,15,16). The molecule has 0 saturated carbocycles. The summed E-state index contributed by atoms with van der Waals surface area (Å²) in [5.41, 5.74) is 3.95. The van der Waals surface area contributed by atoms with Crippen molar-refractivity contribution in [1.82, 2.24) is 4.98 Å². The molecular weight excluding hydrogens is 236 g/mol. The maximum atomic E-state index is 10.7. The average Bonchev–Trinajstić information content (AvgIpc) is 2.83. The Kier molecular flexibility index (Phi) is 3.39. The summed E-state index contributed by atoms with van der Waals surface area (Å²) in [4.78, 5) is 14.9. The summed E-state index contributed by atoms with van der Waals surface area (Å²) in [6.07, 6.45) is 0. The van der Waals surface area contributed by atoms with Gasteiger partial charge in [-0.1, -0.05) is 0 Å². The van der Waals surface area contributed by atoms with Gasteiger partial charge in [-0.3, -0.25) is 0 Å². The van der Waals surface area contributed by atoms with E-state index in [0.717, 1.165) is 11.4 Å². The Morgan fingerprint density at radius 3 is 2.65 bits per heavy atom. The highest BCUT2D eigenvalue weighted by Gasteiger charge is 2.07. The Bertz CT molecular complexity index is 494. The van der Waals surface area contributed by atoms with Gasteiger partial charge in [-0.05, 0) is 31.2 Å². The first-order valence-corrected chi connectivity index (χ1v) is 6.09. The zero-order valence-electron chi connectivity index (χ0n) is 9.25. The van der Waals surface area contributed by atoms with Gasteiger partial charge in [0.1, 0.15) is 0 Å². The highest BCUT2D eigenvalue weighted by atomic mass is 32.1. The van der Waals surface area contributed by atoms with Gasteiger partial charge in [-0.25, -0.2) is 9.78 Å². The largest absolute Gasteiger partial charge is 0.478 e. The van der Waals surface area contributed by atoms with E-state index >= 15 is 0 Å². The van der Waals surface area contributed by atoms with Gasteiger partial charge in [-0.2, -0.15) is 0 Å². The van der Waals surface area contributed by atoms with E-state index in [2.05, 4.69) is 10.3 Å². The van der Waals surface area contributed by atoms with E-state index in [0.29, 0.717) is 0 Å². The fourth-order valence-corrected chi connectivity index (χ4v) is 2.12. The molecule has 2 aromatic rings. The van der Waals surface area contributed by atoms with Crippen LogP contribution >= 0.6 is 11.3 Å². The van der Waals surface area contributed by atoms with E-state index < -0.39 is 5.97 Å². The Labute approximate surface area is 103 Å². The lowest BCUT2D eigenvalue weighted by Gasteiger charge is -2.12. The SMILES string of the molecule is CC(Nc1ccc(C(=O)O)cc1)c1cscn1. The van der Waals surface area contributed by atoms with E-state index in [4.69, 9.17) is 5.11 Å². The van der Waals surface area contributed by atoms with Crippen LogP contribution in [0.4, 0.5) is 5.69 Å². The third-order valence-corrected chi connectivity index (χ3v) is 3.01. The number of benzene rings is 1. The van der Waals surface area contributed by atoms with Gasteiger partial charge >= 0.3 is 5.97 Å². The van der Waals surface area contributed by atoms with Crippen LogP contribution < -0.4 is 5.32 Å². The van der Waals surface area contributed by atoms with Crippen LogP contribution in [0.1, 0.15) is 29.0 Å². The average molecular weight is 248 g/mol. The van der Waals surface area contributed by atoms with Crippen LogP contribution in [0.2, 0.25) is 0 Å². The normalized spacial score (nSPS) is 12.1. The summed E-state index contributed by atoms with van der Waals surface area (Å²) in [7, 11) is 0. The van der Waals surface area contributed by atoms with Gasteiger partial charge in [0, 0.05) is 11.1 Å². The van der Waals surface area contributed by atoms with Gasteiger partial charge < -0.3 is 10.4 Å². The molecule has 0 fully saturated rings. The van der Waals surface area contributed by atoms with Crippen molar-refractivity contribution in [2.45, 2.75) is 13.0 Å². The van der Waals surface area contributed by atoms with E-state index in [9.17, 15) is 4.79 Å². The predicted molar refractivity (Wildman–Crippen MR) is 67.6 cm³/mol. The molecule has 0 radical (unpaired) electrons. The predicted octanol–water partition coefficient (Wildman–Crippen LogP) is 3.01. The Morgan fingerprint density at radius 2 is 2.12 bits per heavy atom. The minimum Gasteiger partial charge on any atom is -0.478 e. The quantitative estimate of drug-likeness (QED) is 0.873. The number of nitrogens with zero attached hydrogens (tertiary/aromatic N) is 1. The maximum Gasteiger partial charge on any atom is 0.335 e. The summed E-state index contributed by atoms with van der Waals surface area (Å²) in [6, 6.07) is 6.78. The second kappa shape index (κ2) is 4.97. The molecule has 2 N–H and O–H groups in total. The van der Waals surface area contributed by atoms with Crippen LogP contribution in [-0.4, -0.2) is 16.1 Å². The number of hydrogen-bond donors (Lipinski definition) is 2. The molecule has 0 saturated heterocycles. The topological polar surface area (TPSA) is 62.2 Å². The van der Waals surface area contributed by atoms with Crippen molar-refractivity contribution in [2.24, 2.45) is 0 Å². The van der Waals surface area contributed by atoms with Gasteiger partial charge in [0.05, 0.1) is 22.8 Å². The Hall–Kier alpha value is -1.88. The maximum absolute atomic E-state index is 10.7. The van der Waals surface area contributed by atoms with E-state index in [1.165, 1.54) is 0 Å². The first-order valence-electron chi connectivity index (χ1n) is 5.15. The molecule has 0 aliphatic carbocycles. The van der Waals surface area contributed by atoms with Crippen molar-refractivity contribution in [2.75, 3.05) is 5.32 Å². The third kappa shape index (κ3) is 2.82. The van der Waals surface area contributed by atoms with E-state index in [1.807, 2.05) is 12.3 Å². The molecule has 1 aromatic carbocycles. The molecule has 4 nitrogen and oxygen atoms in total. The summed E-state index contributed by atoms with van der Waals surface area (Å²) < 4.78 is 0. The summed E-state index contributed by atoms with van der Waals surface area (Å²) in [5, 5.41) is 14.0. The summed E-state index contributed by atoms with van der Waals surface area (Å²) >= 11 is 1.56. The lowest BCUT2D eigenvalue weighted by Crippen LogP contribution is -2.07. The van der Waals surface area contributed by atoms with Crippen LogP contribution in [0, 0.1) is 0 Å². The van der Waals surface area contributed by atoms with Crippen LogP contribution in [0.3, 0.4) is 0 Å². The van der Waals surface area contributed by atoms with Crippen molar-refractivity contribution < 1.29 is 9.90 Å². The minimum atomic E-state index is -0.913. The molecule has 0 aliphatic heterocycles. The first-order chi connectivity index (χ1) is 8.16. The molecule has 0 bridgehead atoms. The summed E-state index contributed by atoms with van der Waals surface area (Å²) in [5.74, 6) is -0.913. The fourth-order valence-electron chi connectivity index (χ4n) is 1.47. The fraction of sp³-hybridized carbons (Fsp3) is 0.167. The highest BCUT2D eigenvalue weighted by molar-refractivity contribution is 7.07. The second-order valence-corrected chi connectivity index (χ2v) is 4.38. The number of aromatic nitrogens is 1. The molecule has 5 heteroatoms. The smallest absolute Gasteiger partial charge is 0.335 e. The van der Waals surface area contributed by atoms with Crippen LogP contribution in [0.25, 0.3) is 0 Å². The lowest BCUT2D eigenvalue weighted by atomic mass is 10.2. The number of anilines is 1. The van der Waals surface area contributed by atoms with Crippen molar-refractivity contribution >= 4 is 23.0 Å². The molecule has 1 unspecified atom stereocenters. The Balaban J connectivity index is 2.06. The number of carbonyl (C=O) groups is 1. The molecule has 0 aliphatic rings. The lowest BCUT2D eigenvalue weighted by molar-refractivity contribution is 0.0697. The van der Waals surface area contributed by atoms with Crippen molar-refractivity contribution in [3.05, 3.63) is 46.4 Å². The molecule has 1 aromatic heterocycles. The van der Waals surface area contributed by atoms with Crippen molar-refractivity contribution in [3.63, 3.8) is 0 Å². The zero-order chi connectivity index (χ0) is 12.3. The van der Waals surface area contributed by atoms with Crippen LogP contribution in [-0.2, 0) is 0 Å². The van der Waals surface area contributed by atoms with Crippen molar-refractivity contribution in [3.8, 4) is 0 Å². The first kappa shape index (κ1) is 11.6. The number of aromatic carboxylic acids is 1. The van der Waals surface area contributed by atoms with Gasteiger partial charge in [0.25, 0.3) is 0 Å². The van der Waals surface area contributed by atoms with Crippen LogP contribution in [0.5, 0.6) is 0 Å². The second-order valence-electron chi connectivity index (χ2n) is 3.66. The number of thiazole rings is 1. The number of carboxylic acids is 1. The molecule has 88 valence electrons.